The minimum Gasteiger partial charge on any atom is -0.449 e. The molecule has 34 heavy (non-hydrogen) atoms. The minimum absolute atomic E-state index is 0.0382. The average Bonchev–Trinajstić information content (AvgIpc) is 3.03. The van der Waals surface area contributed by atoms with Crippen LogP contribution in [-0.2, 0) is 19.1 Å². The number of carbonyl (C=O) groups excluding carboxylic acids is 3. The van der Waals surface area contributed by atoms with Crippen LogP contribution in [0.15, 0.2) is 23.6 Å². The first-order valence-corrected chi connectivity index (χ1v) is 12.2. The number of halogens is 3. The Morgan fingerprint density at radius 3 is 2.74 bits per heavy atom. The van der Waals surface area contributed by atoms with Gasteiger partial charge in [-0.15, -0.1) is 0 Å². The van der Waals surface area contributed by atoms with Crippen LogP contribution in [0, 0.1) is 28.6 Å². The summed E-state index contributed by atoms with van der Waals surface area (Å²) in [7, 11) is 0. The van der Waals surface area contributed by atoms with E-state index < -0.39 is 101 Å². The van der Waals surface area contributed by atoms with Crippen LogP contribution in [-0.4, -0.2) is 45.4 Å². The van der Waals surface area contributed by atoms with Crippen molar-refractivity contribution >= 4 is 28.6 Å². The third-order valence-electron chi connectivity index (χ3n) is 9.04. The van der Waals surface area contributed by atoms with E-state index in [1.54, 1.807) is 0 Å². The molecular weight excluding hydrogens is 469 g/mol. The third kappa shape index (κ3) is 3.01. The summed E-state index contributed by atoms with van der Waals surface area (Å²) >= 11 is 0.140. The standard InChI is InChI=1S/C25H31F3O5S/c1-5-20(31)33-25(21(32)34-12-26)13(2)8-15-16-10-18(27)17-9-14(29)6-7-22(17,3)24(16,28)19(30)11-23(15,25)4/h6-7,13,15-16,19,30H,5,8-12H2,1-4H3/t13-,15+,16?,19+,22+,23+,24+,25+/m1/s1/i1D3,5D2. The molecule has 1 unspecified atom stereocenters. The zero-order chi connectivity index (χ0) is 29.6. The Morgan fingerprint density at radius 2 is 2.09 bits per heavy atom. The summed E-state index contributed by atoms with van der Waals surface area (Å²) in [6.45, 7) is 0.838. The summed E-state index contributed by atoms with van der Waals surface area (Å²) in [6.07, 6.45) is -4.38. The molecule has 1 N–H and O–H groups in total. The molecule has 0 amide bonds. The van der Waals surface area contributed by atoms with Crippen molar-refractivity contribution in [3.8, 4) is 0 Å². The van der Waals surface area contributed by atoms with Crippen LogP contribution >= 0.6 is 11.8 Å². The number of hydrogen-bond donors (Lipinski definition) is 1. The molecule has 0 spiro atoms. The number of rotatable bonds is 4. The molecule has 2 saturated carbocycles. The zero-order valence-corrected chi connectivity index (χ0v) is 19.9. The van der Waals surface area contributed by atoms with Crippen LogP contribution in [0.4, 0.5) is 13.2 Å². The fourth-order valence-electron chi connectivity index (χ4n) is 7.52. The van der Waals surface area contributed by atoms with E-state index >= 15 is 8.78 Å². The smallest absolute Gasteiger partial charge is 0.306 e. The van der Waals surface area contributed by atoms with Crippen molar-refractivity contribution in [3.05, 3.63) is 23.6 Å². The van der Waals surface area contributed by atoms with Crippen LogP contribution in [0.25, 0.3) is 0 Å². The van der Waals surface area contributed by atoms with E-state index in [4.69, 9.17) is 11.6 Å². The maximum Gasteiger partial charge on any atom is 0.306 e. The molecule has 0 radical (unpaired) electrons. The second-order valence-corrected chi connectivity index (χ2v) is 11.2. The molecule has 2 fully saturated rings. The summed E-state index contributed by atoms with van der Waals surface area (Å²) in [6, 6.07) is -1.24. The monoisotopic (exact) mass is 505 g/mol. The molecule has 5 nitrogen and oxygen atoms in total. The Morgan fingerprint density at radius 1 is 1.38 bits per heavy atom. The average molecular weight is 506 g/mol. The number of esters is 1. The molecule has 0 aromatic rings. The second-order valence-electron chi connectivity index (χ2n) is 10.3. The Kier molecular flexibility index (Phi) is 4.73. The van der Waals surface area contributed by atoms with E-state index in [1.807, 2.05) is 0 Å². The van der Waals surface area contributed by atoms with Gasteiger partial charge in [-0.2, -0.15) is 0 Å². The van der Waals surface area contributed by atoms with E-state index in [0.29, 0.717) is 0 Å². The number of allylic oxidation sites excluding steroid dienone is 4. The third-order valence-corrected chi connectivity index (χ3v) is 9.72. The fourth-order valence-corrected chi connectivity index (χ4v) is 8.31. The maximum absolute atomic E-state index is 17.4. The first-order chi connectivity index (χ1) is 17.8. The van der Waals surface area contributed by atoms with Crippen molar-refractivity contribution in [2.24, 2.45) is 28.6 Å². The van der Waals surface area contributed by atoms with Gasteiger partial charge in [0.05, 0.1) is 6.10 Å². The molecule has 0 heterocycles. The van der Waals surface area contributed by atoms with Gasteiger partial charge in [0, 0.05) is 48.7 Å². The van der Waals surface area contributed by atoms with Crippen LogP contribution in [0.2, 0.25) is 0 Å². The van der Waals surface area contributed by atoms with Crippen LogP contribution in [0.1, 0.15) is 66.5 Å². The van der Waals surface area contributed by atoms with Gasteiger partial charge in [-0.1, -0.05) is 26.8 Å². The van der Waals surface area contributed by atoms with E-state index in [1.165, 1.54) is 26.8 Å². The highest BCUT2D eigenvalue weighted by Gasteiger charge is 2.77. The number of carbonyl (C=O) groups is 3. The first kappa shape index (κ1) is 19.6. The predicted molar refractivity (Wildman–Crippen MR) is 121 cm³/mol. The number of ether oxygens (including phenoxy) is 1. The number of hydrogen-bond acceptors (Lipinski definition) is 6. The highest BCUT2D eigenvalue weighted by molar-refractivity contribution is 8.13. The molecule has 4 aliphatic rings. The lowest BCUT2D eigenvalue weighted by molar-refractivity contribution is -0.223. The highest BCUT2D eigenvalue weighted by atomic mass is 32.2. The van der Waals surface area contributed by atoms with E-state index in [9.17, 15) is 23.9 Å². The number of thioether (sulfide) groups is 1. The van der Waals surface area contributed by atoms with Crippen molar-refractivity contribution in [2.75, 3.05) is 6.01 Å². The van der Waals surface area contributed by atoms with Gasteiger partial charge in [0.15, 0.2) is 17.1 Å². The van der Waals surface area contributed by atoms with E-state index in [-0.39, 0.29) is 30.2 Å². The normalized spacial score (nSPS) is 48.4. The van der Waals surface area contributed by atoms with Crippen molar-refractivity contribution in [1.82, 2.24) is 0 Å². The SMILES string of the molecule is [2H]C([2H])([2H])C([2H])([2H])C(=O)O[C@]1(C(=O)SCF)[C@H](C)C[C@H]2C3CC(F)=C4CC(=O)C=C[C@]4(C)[C@@]3(F)[C@@H](O)C[C@@]21C. The molecule has 0 saturated heterocycles. The fraction of sp³-hybridized carbons (Fsp3) is 0.720. The zero-order valence-electron chi connectivity index (χ0n) is 24.1. The van der Waals surface area contributed by atoms with Gasteiger partial charge in [0.25, 0.3) is 0 Å². The lowest BCUT2D eigenvalue weighted by Crippen LogP contribution is -2.69. The Bertz CT molecular complexity index is 1180. The molecular formula is C25H31F3O5S. The minimum atomic E-state index is -3.53. The molecule has 9 heteroatoms. The molecule has 0 bridgehead atoms. The summed E-state index contributed by atoms with van der Waals surface area (Å²) < 4.78 is 90.0. The van der Waals surface area contributed by atoms with Gasteiger partial charge >= 0.3 is 5.97 Å². The van der Waals surface area contributed by atoms with E-state index in [0.717, 1.165) is 6.08 Å². The van der Waals surface area contributed by atoms with Gasteiger partial charge in [-0.05, 0) is 49.1 Å². The molecule has 0 aliphatic heterocycles. The Hall–Kier alpha value is -1.61. The van der Waals surface area contributed by atoms with Crippen molar-refractivity contribution < 1.29 is 44.3 Å². The van der Waals surface area contributed by atoms with Crippen molar-refractivity contribution in [1.29, 1.82) is 0 Å². The Balaban J connectivity index is 1.88. The molecule has 0 aromatic carbocycles. The summed E-state index contributed by atoms with van der Waals surface area (Å²) in [4.78, 5) is 38.6. The van der Waals surface area contributed by atoms with Gasteiger partial charge in [-0.3, -0.25) is 14.4 Å². The Labute approximate surface area is 208 Å². The van der Waals surface area contributed by atoms with Crippen LogP contribution in [0.5, 0.6) is 0 Å². The second kappa shape index (κ2) is 8.22. The van der Waals surface area contributed by atoms with Crippen molar-refractivity contribution in [3.63, 3.8) is 0 Å². The molecule has 0 aromatic heterocycles. The molecule has 188 valence electrons. The summed E-state index contributed by atoms with van der Waals surface area (Å²) in [5.74, 6) is -6.17. The number of aliphatic hydroxyl groups excluding tert-OH is 1. The molecule has 4 aliphatic carbocycles. The molecule has 8 atom stereocenters. The summed E-state index contributed by atoms with van der Waals surface area (Å²) in [5, 5.41) is 10.4. The number of fused-ring (bicyclic) bond motifs is 5. The van der Waals surface area contributed by atoms with Crippen LogP contribution in [0.3, 0.4) is 0 Å². The quantitative estimate of drug-likeness (QED) is 0.554. The van der Waals surface area contributed by atoms with E-state index in [2.05, 4.69) is 0 Å². The maximum atomic E-state index is 17.4. The van der Waals surface area contributed by atoms with Crippen LogP contribution < -0.4 is 0 Å². The number of alkyl halides is 2. The topological polar surface area (TPSA) is 80.7 Å². The van der Waals surface area contributed by atoms with Gasteiger partial charge < -0.3 is 9.84 Å². The van der Waals surface area contributed by atoms with Gasteiger partial charge in [0.1, 0.15) is 11.8 Å². The summed E-state index contributed by atoms with van der Waals surface area (Å²) in [5.41, 5.74) is -8.21. The molecule has 4 rings (SSSR count). The highest BCUT2D eigenvalue weighted by Crippen LogP contribution is 2.72. The largest absolute Gasteiger partial charge is 0.449 e. The number of aliphatic hydroxyl groups is 1. The number of ketones is 1. The lowest BCUT2D eigenvalue weighted by Gasteiger charge is -2.62. The van der Waals surface area contributed by atoms with Gasteiger partial charge in [-0.25, -0.2) is 13.2 Å². The lowest BCUT2D eigenvalue weighted by atomic mass is 9.45. The van der Waals surface area contributed by atoms with Gasteiger partial charge in [0.2, 0.25) is 5.12 Å². The first-order valence-electron chi connectivity index (χ1n) is 13.7. The predicted octanol–water partition coefficient (Wildman–Crippen LogP) is 4.78. The van der Waals surface area contributed by atoms with Crippen molar-refractivity contribution in [2.45, 2.75) is 77.1 Å².